The Hall–Kier alpha value is -5.72. The van der Waals surface area contributed by atoms with E-state index in [1.54, 1.807) is 0 Å². The predicted molar refractivity (Wildman–Crippen MR) is 190 cm³/mol. The quantitative estimate of drug-likeness (QED) is 0.143. The van der Waals surface area contributed by atoms with Gasteiger partial charge in [-0.3, -0.25) is 0 Å². The molecule has 9 aromatic rings. The van der Waals surface area contributed by atoms with Gasteiger partial charge in [0.15, 0.2) is 0 Å². The van der Waals surface area contributed by atoms with Gasteiger partial charge in [0.25, 0.3) is 0 Å². The molecule has 0 heterocycles. The number of hydrogen-bond acceptors (Lipinski definition) is 0. The number of benzene rings is 9. The number of rotatable bonds is 3. The molecule has 0 aromatic heterocycles. The van der Waals surface area contributed by atoms with E-state index >= 15 is 0 Å². The second-order valence-electron chi connectivity index (χ2n) is 9.50. The second-order valence-corrected chi connectivity index (χ2v) is 9.50. The monoisotopic (exact) mass is 584 g/mol. The van der Waals surface area contributed by atoms with Gasteiger partial charge >= 0.3 is 0 Å². The van der Waals surface area contributed by atoms with Gasteiger partial charge in [0.1, 0.15) is 0 Å². The van der Waals surface area contributed by atoms with Gasteiger partial charge in [0.2, 0.25) is 0 Å². The molecule has 44 heavy (non-hydrogen) atoms. The lowest BCUT2D eigenvalue weighted by molar-refractivity contribution is 1.63. The van der Waals surface area contributed by atoms with Crippen molar-refractivity contribution in [2.75, 3.05) is 0 Å². The van der Waals surface area contributed by atoms with Crippen LogP contribution in [0.5, 0.6) is 0 Å². The summed E-state index contributed by atoms with van der Waals surface area (Å²) in [6.07, 6.45) is 0. The average molecular weight is 585 g/mol. The van der Waals surface area contributed by atoms with Crippen molar-refractivity contribution in [3.05, 3.63) is 169 Å². The van der Waals surface area contributed by atoms with Crippen molar-refractivity contribution in [2.45, 2.75) is 0 Å². The lowest BCUT2D eigenvalue weighted by Crippen LogP contribution is -1.91. The average Bonchev–Trinajstić information content (AvgIpc) is 3.34. The molecule has 0 N–H and O–H groups in total. The standard InChI is InChI=1S/C44H28/c1-3-13-35-29(10-1)12-9-19-37(35)31-20-23-32(24-21-31)43-39-15-5-7-17-41(39)44(42-18-8-6-16-40(42)43)34-26-27-38-33(28-34)25-22-30-11-2-4-14-36(30)38/h1-28H/i1D,2D,3D,4D,5D,6D,7D,8D,9D,10D,11D,12D,13D,14D,15D,16D,17D,18D,19D,20D,21D,22D,23D,24D,25D,26D,27D,28D. The Bertz CT molecular complexity index is 4000. The topological polar surface area (TPSA) is 0 Å². The molecule has 0 bridgehead atoms. The molecule has 0 unspecified atom stereocenters. The minimum Gasteiger partial charge on any atom is -0.0616 e. The third-order valence-corrected chi connectivity index (χ3v) is 7.12. The fourth-order valence-electron chi connectivity index (χ4n) is 5.22. The molecule has 0 amide bonds. The Balaban J connectivity index is 1.56. The van der Waals surface area contributed by atoms with Crippen LogP contribution >= 0.6 is 0 Å². The maximum atomic E-state index is 9.66. The molecule has 0 radical (unpaired) electrons. The van der Waals surface area contributed by atoms with Crippen molar-refractivity contribution in [1.29, 1.82) is 0 Å². The van der Waals surface area contributed by atoms with E-state index in [4.69, 9.17) is 23.3 Å². The zero-order valence-corrected chi connectivity index (χ0v) is 22.0. The minimum atomic E-state index is -1.10. The van der Waals surface area contributed by atoms with E-state index in [2.05, 4.69) is 0 Å². The van der Waals surface area contributed by atoms with Crippen molar-refractivity contribution in [2.24, 2.45) is 0 Å². The third-order valence-electron chi connectivity index (χ3n) is 7.12. The van der Waals surface area contributed by atoms with Gasteiger partial charge in [-0.25, -0.2) is 0 Å². The number of fused-ring (bicyclic) bond motifs is 6. The summed E-state index contributed by atoms with van der Waals surface area (Å²) in [5, 5.41) is -6.45. The van der Waals surface area contributed by atoms with Crippen LogP contribution in [0.3, 0.4) is 0 Å². The number of hydrogen-bond donors (Lipinski definition) is 0. The van der Waals surface area contributed by atoms with Crippen LogP contribution < -0.4 is 0 Å². The molecule has 0 fully saturated rings. The molecule has 204 valence electrons. The molecule has 0 aliphatic heterocycles. The fraction of sp³-hybridized carbons (Fsp3) is 0. The zero-order valence-electron chi connectivity index (χ0n) is 50.0. The van der Waals surface area contributed by atoms with Crippen molar-refractivity contribution in [3.63, 3.8) is 0 Å². The SMILES string of the molecule is [2H]c1c([2H])c(-c2c3c([2H])c([2H])c([2H])c([2H])c3c(-c3c([2H])c([2H])c4c(c3[2H])c([2H])c([2H])c3c([2H])c([2H])c([2H])c([2H])c34)c3c([2H])c([2H])c([2H])c([2H])c23)c([2H])c([2H])c1-c1c([2H])c([2H])c([2H])c2c([2H])c([2H])c([2H])c([2H])c12. The van der Waals surface area contributed by atoms with E-state index in [-0.39, 0.29) is 0 Å². The highest BCUT2D eigenvalue weighted by Gasteiger charge is 2.17. The second kappa shape index (κ2) is 9.93. The highest BCUT2D eigenvalue weighted by Crippen LogP contribution is 2.44. The molecule has 0 heteroatoms. The largest absolute Gasteiger partial charge is 0.0636 e. The summed E-state index contributed by atoms with van der Waals surface area (Å²) in [6, 6.07) is -26.2. The van der Waals surface area contributed by atoms with Crippen LogP contribution in [0.2, 0.25) is 0 Å². The summed E-state index contributed by atoms with van der Waals surface area (Å²) in [4.78, 5) is 0. The van der Waals surface area contributed by atoms with Crippen molar-refractivity contribution in [1.82, 2.24) is 0 Å². The highest BCUT2D eigenvalue weighted by atomic mass is 14.2. The smallest absolute Gasteiger partial charge is 0.0616 e. The molecular formula is C44H28. The summed E-state index contributed by atoms with van der Waals surface area (Å²) in [6.45, 7) is 0. The van der Waals surface area contributed by atoms with Crippen LogP contribution in [0, 0.1) is 0 Å². The van der Waals surface area contributed by atoms with Crippen molar-refractivity contribution < 1.29 is 38.4 Å². The van der Waals surface area contributed by atoms with E-state index in [0.29, 0.717) is 0 Å². The molecule has 0 saturated carbocycles. The molecular weight excluding hydrogens is 528 g/mol. The summed E-state index contributed by atoms with van der Waals surface area (Å²) in [7, 11) is 0. The summed E-state index contributed by atoms with van der Waals surface area (Å²) >= 11 is 0. The normalized spacial score (nSPS) is 20.5. The van der Waals surface area contributed by atoms with E-state index < -0.39 is 256 Å². The molecule has 9 aromatic carbocycles. The molecule has 0 aliphatic carbocycles. The zero-order chi connectivity index (χ0) is 53.4. The van der Waals surface area contributed by atoms with E-state index in [9.17, 15) is 15.1 Å². The summed E-state index contributed by atoms with van der Waals surface area (Å²) < 4.78 is 251. The molecule has 0 spiro atoms. The maximum Gasteiger partial charge on any atom is 0.0636 e. The fourth-order valence-corrected chi connectivity index (χ4v) is 5.22. The van der Waals surface area contributed by atoms with E-state index in [0.717, 1.165) is 0 Å². The molecule has 0 saturated heterocycles. The van der Waals surface area contributed by atoms with Gasteiger partial charge in [0.05, 0.1) is 38.4 Å². The van der Waals surface area contributed by atoms with E-state index in [1.165, 1.54) is 0 Å². The first-order chi connectivity index (χ1) is 33.5. The van der Waals surface area contributed by atoms with Crippen LogP contribution in [-0.4, -0.2) is 0 Å². The van der Waals surface area contributed by atoms with Gasteiger partial charge in [-0.15, -0.1) is 0 Å². The van der Waals surface area contributed by atoms with Crippen LogP contribution in [-0.2, 0) is 0 Å². The first-order valence-electron chi connectivity index (χ1n) is 27.0. The van der Waals surface area contributed by atoms with Gasteiger partial charge < -0.3 is 0 Å². The lowest BCUT2D eigenvalue weighted by Gasteiger charge is -2.18. The van der Waals surface area contributed by atoms with Crippen molar-refractivity contribution >= 4 is 53.9 Å². The Morgan fingerprint density at radius 2 is 0.705 bits per heavy atom. The molecule has 0 atom stereocenters. The Morgan fingerprint density at radius 1 is 0.273 bits per heavy atom. The highest BCUT2D eigenvalue weighted by molar-refractivity contribution is 6.22. The molecule has 9 rings (SSSR count). The van der Waals surface area contributed by atoms with Gasteiger partial charge in [-0.05, 0) is 93.3 Å². The van der Waals surface area contributed by atoms with Gasteiger partial charge in [-0.2, -0.15) is 0 Å². The maximum absolute atomic E-state index is 9.66. The van der Waals surface area contributed by atoms with Gasteiger partial charge in [-0.1, -0.05) is 163 Å². The molecule has 0 aliphatic rings. The third kappa shape index (κ3) is 3.85. The summed E-state index contributed by atoms with van der Waals surface area (Å²) in [5.41, 5.74) is -4.72. The Labute approximate surface area is 295 Å². The lowest BCUT2D eigenvalue weighted by atomic mass is 9.85. The van der Waals surface area contributed by atoms with Crippen LogP contribution in [0.15, 0.2) is 169 Å². The molecule has 0 nitrogen and oxygen atoms in total. The predicted octanol–water partition coefficient (Wildman–Crippen LogP) is 12.5. The minimum absolute atomic E-state index is 0.503. The van der Waals surface area contributed by atoms with Crippen LogP contribution in [0.4, 0.5) is 0 Å². The van der Waals surface area contributed by atoms with Crippen molar-refractivity contribution in [3.8, 4) is 33.4 Å². The Kier molecular flexibility index (Phi) is 2.18. The summed E-state index contributed by atoms with van der Waals surface area (Å²) in [5.74, 6) is 0. The Morgan fingerprint density at radius 3 is 1.36 bits per heavy atom. The first-order valence-corrected chi connectivity index (χ1v) is 13.0. The first kappa shape index (κ1) is 9.64. The van der Waals surface area contributed by atoms with E-state index in [1.807, 2.05) is 0 Å². The van der Waals surface area contributed by atoms with Crippen LogP contribution in [0.1, 0.15) is 38.4 Å². The van der Waals surface area contributed by atoms with Gasteiger partial charge in [0, 0.05) is 0 Å². The van der Waals surface area contributed by atoms with Crippen LogP contribution in [0.25, 0.3) is 87.2 Å².